The SMILES string of the molecule is CN(C(=O)CN(C)S(=O)(=O)/C=C/c1ccccc1)c1cc(-c2cccnc2)nn1C. The van der Waals surface area contributed by atoms with Crippen LogP contribution in [0.25, 0.3) is 17.3 Å². The first-order chi connectivity index (χ1) is 14.3. The van der Waals surface area contributed by atoms with Crippen molar-refractivity contribution < 1.29 is 13.2 Å². The van der Waals surface area contributed by atoms with E-state index in [1.807, 2.05) is 24.3 Å². The van der Waals surface area contributed by atoms with Gasteiger partial charge in [-0.05, 0) is 23.8 Å². The summed E-state index contributed by atoms with van der Waals surface area (Å²) >= 11 is 0. The minimum atomic E-state index is -3.74. The van der Waals surface area contributed by atoms with Gasteiger partial charge in [0.2, 0.25) is 15.9 Å². The summed E-state index contributed by atoms with van der Waals surface area (Å²) in [5, 5.41) is 5.51. The molecule has 0 N–H and O–H groups in total. The highest BCUT2D eigenvalue weighted by molar-refractivity contribution is 7.92. The van der Waals surface area contributed by atoms with Gasteiger partial charge < -0.3 is 0 Å². The summed E-state index contributed by atoms with van der Waals surface area (Å²) in [5.41, 5.74) is 2.26. The predicted octanol–water partition coefficient (Wildman–Crippen LogP) is 2.38. The van der Waals surface area contributed by atoms with E-state index in [9.17, 15) is 13.2 Å². The highest BCUT2D eigenvalue weighted by atomic mass is 32.2. The number of aromatic nitrogens is 3. The Kier molecular flexibility index (Phi) is 6.43. The smallest absolute Gasteiger partial charge is 0.243 e. The molecule has 156 valence electrons. The number of sulfonamides is 1. The Morgan fingerprint density at radius 2 is 1.87 bits per heavy atom. The third-order valence-corrected chi connectivity index (χ3v) is 6.03. The van der Waals surface area contributed by atoms with Gasteiger partial charge in [-0.25, -0.2) is 8.42 Å². The second kappa shape index (κ2) is 9.02. The lowest BCUT2D eigenvalue weighted by molar-refractivity contribution is -0.118. The highest BCUT2D eigenvalue weighted by Gasteiger charge is 2.22. The van der Waals surface area contributed by atoms with Crippen molar-refractivity contribution in [1.29, 1.82) is 0 Å². The van der Waals surface area contributed by atoms with Crippen LogP contribution in [0.4, 0.5) is 5.82 Å². The molecule has 0 aliphatic rings. The molecule has 0 radical (unpaired) electrons. The quantitative estimate of drug-likeness (QED) is 0.580. The molecular weight excluding hydrogens is 402 g/mol. The number of nitrogens with zero attached hydrogens (tertiary/aromatic N) is 5. The number of likely N-dealkylation sites (N-methyl/N-ethyl adjacent to an activating group) is 2. The van der Waals surface area contributed by atoms with E-state index in [0.29, 0.717) is 11.5 Å². The molecule has 8 nitrogen and oxygen atoms in total. The summed E-state index contributed by atoms with van der Waals surface area (Å²) in [7, 11) is 0.947. The minimum absolute atomic E-state index is 0.300. The van der Waals surface area contributed by atoms with Crippen molar-refractivity contribution in [2.24, 2.45) is 7.05 Å². The summed E-state index contributed by atoms with van der Waals surface area (Å²) in [6.45, 7) is -0.300. The first-order valence-electron chi connectivity index (χ1n) is 9.18. The second-order valence-electron chi connectivity index (χ2n) is 6.72. The number of pyridine rings is 1. The van der Waals surface area contributed by atoms with Crippen LogP contribution < -0.4 is 4.90 Å². The summed E-state index contributed by atoms with van der Waals surface area (Å²) in [6.07, 6.45) is 4.86. The van der Waals surface area contributed by atoms with E-state index < -0.39 is 10.0 Å². The average molecular weight is 426 g/mol. The lowest BCUT2D eigenvalue weighted by Crippen LogP contribution is -2.39. The van der Waals surface area contributed by atoms with Gasteiger partial charge in [0.15, 0.2) is 0 Å². The number of amides is 1. The number of rotatable bonds is 7. The molecule has 0 unspecified atom stereocenters. The van der Waals surface area contributed by atoms with Crippen molar-refractivity contribution in [1.82, 2.24) is 19.1 Å². The molecule has 0 spiro atoms. The Labute approximate surface area is 176 Å². The van der Waals surface area contributed by atoms with Gasteiger partial charge in [0.25, 0.3) is 0 Å². The maximum Gasteiger partial charge on any atom is 0.243 e. The number of aryl methyl sites for hydroxylation is 1. The number of carbonyl (C=O) groups is 1. The number of hydrogen-bond donors (Lipinski definition) is 0. The van der Waals surface area contributed by atoms with Crippen LogP contribution in [0.2, 0.25) is 0 Å². The lowest BCUT2D eigenvalue weighted by atomic mass is 10.2. The molecule has 0 fully saturated rings. The molecule has 3 aromatic rings. The Morgan fingerprint density at radius 1 is 1.13 bits per heavy atom. The van der Waals surface area contributed by atoms with Gasteiger partial charge in [0, 0.05) is 50.6 Å². The topological polar surface area (TPSA) is 88.4 Å². The van der Waals surface area contributed by atoms with Crippen LogP contribution in [0.5, 0.6) is 0 Å². The molecule has 30 heavy (non-hydrogen) atoms. The van der Waals surface area contributed by atoms with Crippen molar-refractivity contribution in [3.63, 3.8) is 0 Å². The number of anilines is 1. The summed E-state index contributed by atoms with van der Waals surface area (Å²) in [5.74, 6) is 0.166. The fraction of sp³-hybridized carbons (Fsp3) is 0.190. The van der Waals surface area contributed by atoms with Crippen molar-refractivity contribution >= 4 is 27.8 Å². The number of hydrogen-bond acceptors (Lipinski definition) is 5. The van der Waals surface area contributed by atoms with Gasteiger partial charge in [-0.15, -0.1) is 0 Å². The Balaban J connectivity index is 1.71. The van der Waals surface area contributed by atoms with E-state index in [1.165, 1.54) is 18.0 Å². The van der Waals surface area contributed by atoms with E-state index in [2.05, 4.69) is 10.1 Å². The number of carbonyl (C=O) groups excluding carboxylic acids is 1. The molecule has 0 saturated heterocycles. The predicted molar refractivity (Wildman–Crippen MR) is 117 cm³/mol. The minimum Gasteiger partial charge on any atom is -0.299 e. The maximum atomic E-state index is 12.7. The zero-order chi connectivity index (χ0) is 21.7. The molecule has 0 aliphatic heterocycles. The van der Waals surface area contributed by atoms with Gasteiger partial charge >= 0.3 is 0 Å². The summed E-state index contributed by atoms with van der Waals surface area (Å²) in [4.78, 5) is 18.2. The molecule has 0 atom stereocenters. The van der Waals surface area contributed by atoms with Crippen molar-refractivity contribution in [3.05, 3.63) is 71.9 Å². The van der Waals surface area contributed by atoms with Crippen molar-refractivity contribution in [3.8, 4) is 11.3 Å². The first-order valence-corrected chi connectivity index (χ1v) is 10.7. The van der Waals surface area contributed by atoms with E-state index >= 15 is 0 Å². The second-order valence-corrected chi connectivity index (χ2v) is 8.65. The van der Waals surface area contributed by atoms with E-state index in [4.69, 9.17) is 0 Å². The molecule has 0 saturated carbocycles. The fourth-order valence-electron chi connectivity index (χ4n) is 2.77. The van der Waals surface area contributed by atoms with Crippen LogP contribution in [0.1, 0.15) is 5.56 Å². The first kappa shape index (κ1) is 21.4. The monoisotopic (exact) mass is 425 g/mol. The van der Waals surface area contributed by atoms with Crippen LogP contribution in [0, 0.1) is 0 Å². The van der Waals surface area contributed by atoms with Crippen LogP contribution in [0.15, 0.2) is 66.3 Å². The van der Waals surface area contributed by atoms with Crippen LogP contribution in [0.3, 0.4) is 0 Å². The van der Waals surface area contributed by atoms with Gasteiger partial charge in [-0.3, -0.25) is 19.4 Å². The van der Waals surface area contributed by atoms with E-state index in [-0.39, 0.29) is 12.5 Å². The number of benzene rings is 1. The lowest BCUT2D eigenvalue weighted by Gasteiger charge is -2.20. The van der Waals surface area contributed by atoms with Gasteiger partial charge in [-0.1, -0.05) is 30.3 Å². The third-order valence-electron chi connectivity index (χ3n) is 4.55. The van der Waals surface area contributed by atoms with Gasteiger partial charge in [-0.2, -0.15) is 9.40 Å². The third kappa shape index (κ3) is 5.00. The van der Waals surface area contributed by atoms with E-state index in [1.54, 1.807) is 55.4 Å². The van der Waals surface area contributed by atoms with Gasteiger partial charge in [0.1, 0.15) is 5.82 Å². The van der Waals surface area contributed by atoms with Crippen molar-refractivity contribution in [2.45, 2.75) is 0 Å². The fourth-order valence-corrected chi connectivity index (χ4v) is 3.60. The van der Waals surface area contributed by atoms with Crippen LogP contribution in [-0.4, -0.2) is 54.0 Å². The molecule has 2 heterocycles. The Morgan fingerprint density at radius 3 is 2.53 bits per heavy atom. The Bertz CT molecular complexity index is 1140. The van der Waals surface area contributed by atoms with Crippen LogP contribution in [-0.2, 0) is 21.9 Å². The van der Waals surface area contributed by atoms with E-state index in [0.717, 1.165) is 20.8 Å². The zero-order valence-corrected chi connectivity index (χ0v) is 17.8. The molecule has 1 aromatic carbocycles. The van der Waals surface area contributed by atoms with Crippen LogP contribution >= 0.6 is 0 Å². The average Bonchev–Trinajstić information content (AvgIpc) is 3.14. The largest absolute Gasteiger partial charge is 0.299 e. The maximum absolute atomic E-state index is 12.7. The molecule has 0 bridgehead atoms. The normalized spacial score (nSPS) is 11.9. The molecule has 1 amide bonds. The molecular formula is C21H23N5O3S. The molecule has 3 rings (SSSR count). The highest BCUT2D eigenvalue weighted by Crippen LogP contribution is 2.22. The molecule has 0 aliphatic carbocycles. The summed E-state index contributed by atoms with van der Waals surface area (Å²) < 4.78 is 27.6. The standard InChI is InChI=1S/C21H23N5O3S/c1-24(30(28,29)13-11-17-8-5-4-6-9-17)16-21(27)25(2)20-14-19(23-26(20)3)18-10-7-12-22-15-18/h4-15H,16H2,1-3H3/b13-11+. The Hall–Kier alpha value is -3.30. The summed E-state index contributed by atoms with van der Waals surface area (Å²) in [6, 6.07) is 14.5. The molecule has 9 heteroatoms. The zero-order valence-electron chi connectivity index (χ0n) is 17.0. The van der Waals surface area contributed by atoms with Crippen molar-refractivity contribution in [2.75, 3.05) is 25.5 Å². The molecule has 2 aromatic heterocycles. The van der Waals surface area contributed by atoms with Gasteiger partial charge in [0.05, 0.1) is 12.2 Å².